The van der Waals surface area contributed by atoms with Gasteiger partial charge in [0.05, 0.1) is 27.2 Å². The van der Waals surface area contributed by atoms with Gasteiger partial charge in [-0.2, -0.15) is 0 Å². The molecule has 1 nitrogen and oxygen atoms in total. The molecule has 0 aromatic rings. The Hall–Kier alpha value is 0.467. The van der Waals surface area contributed by atoms with Crippen LogP contribution in [0.5, 0.6) is 0 Å². The van der Waals surface area contributed by atoms with Crippen molar-refractivity contribution in [3.63, 3.8) is 0 Å². The van der Waals surface area contributed by atoms with Crippen molar-refractivity contribution >= 4 is 11.0 Å². The van der Waals surface area contributed by atoms with Crippen molar-refractivity contribution < 1.29 is 16.9 Å². The first-order valence-corrected chi connectivity index (χ1v) is 11.4. The van der Waals surface area contributed by atoms with E-state index in [2.05, 4.69) is 27.9 Å². The summed E-state index contributed by atoms with van der Waals surface area (Å²) in [6, 6.07) is 0. The van der Waals surface area contributed by atoms with Gasteiger partial charge in [-0.15, -0.1) is 0 Å². The van der Waals surface area contributed by atoms with E-state index in [0.717, 1.165) is 0 Å². The molecule has 0 spiro atoms. The standard InChI is InChI=1S/C23H50N.ClH.H4Si/c1-5-7-8-9-10-11-12-13-14-15-16-17-18-19-20-21-23-24(3,4)22-6-2;;/h5-23H2,1-4H3;1H;1H4/q+1;;/p-1. The van der Waals surface area contributed by atoms with Gasteiger partial charge < -0.3 is 16.9 Å². The van der Waals surface area contributed by atoms with Gasteiger partial charge in [-0.05, 0) is 30.2 Å². The predicted molar refractivity (Wildman–Crippen MR) is 123 cm³/mol. The van der Waals surface area contributed by atoms with Crippen molar-refractivity contribution in [1.29, 1.82) is 0 Å². The minimum absolute atomic E-state index is 0. The zero-order chi connectivity index (χ0) is 17.9. The van der Waals surface area contributed by atoms with Crippen molar-refractivity contribution in [2.45, 2.75) is 123 Å². The monoisotopic (exact) mass is 407 g/mol. The molecule has 0 saturated carbocycles. The Morgan fingerprint density at radius 2 is 0.731 bits per heavy atom. The smallest absolute Gasteiger partial charge is 0.0782 e. The number of quaternary nitrogens is 1. The number of rotatable bonds is 19. The third-order valence-corrected chi connectivity index (χ3v) is 5.45. The average molecular weight is 408 g/mol. The van der Waals surface area contributed by atoms with Crippen molar-refractivity contribution in [3.05, 3.63) is 0 Å². The van der Waals surface area contributed by atoms with Crippen LogP contribution in [0.3, 0.4) is 0 Å². The van der Waals surface area contributed by atoms with Gasteiger partial charge in [0.1, 0.15) is 0 Å². The highest BCUT2D eigenvalue weighted by molar-refractivity contribution is 5.75. The number of hydrogen-bond acceptors (Lipinski definition) is 0. The summed E-state index contributed by atoms with van der Waals surface area (Å²) in [4.78, 5) is 0. The summed E-state index contributed by atoms with van der Waals surface area (Å²) >= 11 is 0. The maximum Gasteiger partial charge on any atom is 0.0782 e. The molecule has 0 aliphatic heterocycles. The Morgan fingerprint density at radius 1 is 0.423 bits per heavy atom. The first kappa shape index (κ1) is 31.2. The van der Waals surface area contributed by atoms with E-state index in [1.54, 1.807) is 0 Å². The van der Waals surface area contributed by atoms with E-state index >= 15 is 0 Å². The summed E-state index contributed by atoms with van der Waals surface area (Å²) in [7, 11) is 4.77. The number of halogens is 1. The van der Waals surface area contributed by atoms with E-state index in [9.17, 15) is 0 Å². The molecule has 0 heterocycles. The lowest BCUT2D eigenvalue weighted by Gasteiger charge is -2.29. The van der Waals surface area contributed by atoms with E-state index in [0.29, 0.717) is 0 Å². The molecule has 0 aliphatic carbocycles. The van der Waals surface area contributed by atoms with Gasteiger partial charge in [0, 0.05) is 0 Å². The lowest BCUT2D eigenvalue weighted by molar-refractivity contribution is -0.890. The highest BCUT2D eigenvalue weighted by atomic mass is 35.5. The lowest BCUT2D eigenvalue weighted by Crippen LogP contribution is -3.00. The minimum atomic E-state index is 0. The van der Waals surface area contributed by atoms with Crippen molar-refractivity contribution in [2.24, 2.45) is 0 Å². The molecular weight excluding hydrogens is 354 g/mol. The third kappa shape index (κ3) is 24.5. The van der Waals surface area contributed by atoms with E-state index in [1.165, 1.54) is 127 Å². The quantitative estimate of drug-likeness (QED) is 0.175. The Morgan fingerprint density at radius 3 is 1.04 bits per heavy atom. The summed E-state index contributed by atoms with van der Waals surface area (Å²) < 4.78 is 1.22. The average Bonchev–Trinajstić information content (AvgIpc) is 2.54. The van der Waals surface area contributed by atoms with Gasteiger partial charge in [0.2, 0.25) is 0 Å². The van der Waals surface area contributed by atoms with Crippen molar-refractivity contribution in [3.8, 4) is 0 Å². The SMILES string of the molecule is CCCCCCCCCCCCCCCCCC[N+](C)(C)CCC.[Cl-].[SiH4]. The topological polar surface area (TPSA) is 0 Å². The van der Waals surface area contributed by atoms with Crippen LogP contribution < -0.4 is 12.4 Å². The predicted octanol–water partition coefficient (Wildman–Crippen LogP) is 3.29. The molecule has 0 N–H and O–H groups in total. The van der Waals surface area contributed by atoms with Crippen LogP contribution in [-0.4, -0.2) is 42.6 Å². The Labute approximate surface area is 178 Å². The van der Waals surface area contributed by atoms with Crippen LogP contribution >= 0.6 is 0 Å². The minimum Gasteiger partial charge on any atom is -1.00 e. The first-order valence-electron chi connectivity index (χ1n) is 11.4. The molecule has 0 aromatic heterocycles. The van der Waals surface area contributed by atoms with Gasteiger partial charge in [-0.1, -0.05) is 104 Å². The number of nitrogens with zero attached hydrogens (tertiary/aromatic N) is 1. The first-order chi connectivity index (χ1) is 11.6. The van der Waals surface area contributed by atoms with Crippen LogP contribution in [0, 0.1) is 0 Å². The maximum atomic E-state index is 2.38. The van der Waals surface area contributed by atoms with Gasteiger partial charge in [0.15, 0.2) is 0 Å². The molecule has 0 fully saturated rings. The van der Waals surface area contributed by atoms with Crippen LogP contribution in [0.2, 0.25) is 0 Å². The molecule has 0 aromatic carbocycles. The summed E-state index contributed by atoms with van der Waals surface area (Å²) in [5, 5.41) is 0. The molecule has 3 heteroatoms. The largest absolute Gasteiger partial charge is 1.00 e. The van der Waals surface area contributed by atoms with Crippen LogP contribution in [-0.2, 0) is 0 Å². The Kier molecular flexibility index (Phi) is 28.2. The van der Waals surface area contributed by atoms with Gasteiger partial charge in [-0.3, -0.25) is 0 Å². The second-order valence-electron chi connectivity index (χ2n) is 8.69. The maximum absolute atomic E-state index is 2.38. The third-order valence-electron chi connectivity index (χ3n) is 5.45. The fraction of sp³-hybridized carbons (Fsp3) is 1.00. The molecular formula is C23H54ClNSi. The second kappa shape index (κ2) is 23.5. The summed E-state index contributed by atoms with van der Waals surface area (Å²) in [5.74, 6) is 0. The zero-order valence-corrected chi connectivity index (χ0v) is 19.0. The molecule has 162 valence electrons. The number of hydrogen-bond donors (Lipinski definition) is 0. The molecule has 0 bridgehead atoms. The summed E-state index contributed by atoms with van der Waals surface area (Å²) in [6.07, 6.45) is 24.7. The van der Waals surface area contributed by atoms with E-state index in [-0.39, 0.29) is 23.4 Å². The van der Waals surface area contributed by atoms with Crippen LogP contribution in [0.15, 0.2) is 0 Å². The number of unbranched alkanes of at least 4 members (excludes halogenated alkanes) is 15. The van der Waals surface area contributed by atoms with Gasteiger partial charge in [-0.25, -0.2) is 0 Å². The van der Waals surface area contributed by atoms with Gasteiger partial charge in [0.25, 0.3) is 0 Å². The lowest BCUT2D eigenvalue weighted by atomic mass is 10.0. The molecule has 0 amide bonds. The normalized spacial score (nSPS) is 11.1. The Bertz CT molecular complexity index is 246. The second-order valence-corrected chi connectivity index (χ2v) is 8.69. The zero-order valence-electron chi connectivity index (χ0n) is 18.3. The fourth-order valence-corrected chi connectivity index (χ4v) is 3.81. The molecule has 0 unspecified atom stereocenters. The highest BCUT2D eigenvalue weighted by Gasteiger charge is 2.11. The molecule has 0 saturated heterocycles. The van der Waals surface area contributed by atoms with Crippen LogP contribution in [0.1, 0.15) is 123 Å². The highest BCUT2D eigenvalue weighted by Crippen LogP contribution is 2.14. The summed E-state index contributed by atoms with van der Waals surface area (Å²) in [5.41, 5.74) is 0. The fourth-order valence-electron chi connectivity index (χ4n) is 3.81. The van der Waals surface area contributed by atoms with Crippen molar-refractivity contribution in [1.82, 2.24) is 0 Å². The summed E-state index contributed by atoms with van der Waals surface area (Å²) in [6.45, 7) is 7.30. The molecule has 0 aliphatic rings. The van der Waals surface area contributed by atoms with E-state index in [4.69, 9.17) is 0 Å². The van der Waals surface area contributed by atoms with Crippen LogP contribution in [0.4, 0.5) is 0 Å². The van der Waals surface area contributed by atoms with Gasteiger partial charge >= 0.3 is 0 Å². The van der Waals surface area contributed by atoms with Crippen molar-refractivity contribution in [2.75, 3.05) is 27.2 Å². The molecule has 0 radical (unpaired) electrons. The molecule has 0 rings (SSSR count). The Balaban J connectivity index is -0.00000264. The van der Waals surface area contributed by atoms with Crippen LogP contribution in [0.25, 0.3) is 0 Å². The molecule has 0 atom stereocenters. The molecule has 26 heavy (non-hydrogen) atoms. The van der Waals surface area contributed by atoms with E-state index < -0.39 is 0 Å². The van der Waals surface area contributed by atoms with E-state index in [1.807, 2.05) is 0 Å².